The van der Waals surface area contributed by atoms with Crippen LogP contribution in [0.4, 0.5) is 0 Å². The number of ether oxygens (including phenoxy) is 1. The summed E-state index contributed by atoms with van der Waals surface area (Å²) in [6.07, 6.45) is 1.12. The van der Waals surface area contributed by atoms with Gasteiger partial charge in [-0.1, -0.05) is 29.8 Å². The van der Waals surface area contributed by atoms with Gasteiger partial charge in [0.05, 0.1) is 6.10 Å². The highest BCUT2D eigenvalue weighted by Crippen LogP contribution is 2.23. The number of esters is 1. The molecule has 0 spiro atoms. The van der Waals surface area contributed by atoms with Gasteiger partial charge in [-0.15, -0.1) is 0 Å². The van der Waals surface area contributed by atoms with E-state index in [0.29, 0.717) is 11.5 Å². The first-order valence-corrected chi connectivity index (χ1v) is 6.99. The van der Waals surface area contributed by atoms with Crippen molar-refractivity contribution >= 4 is 12.0 Å². The van der Waals surface area contributed by atoms with Gasteiger partial charge < -0.3 is 9.15 Å². The van der Waals surface area contributed by atoms with E-state index in [-0.39, 0.29) is 11.7 Å². The Labute approximate surface area is 129 Å². The molecule has 0 aliphatic rings. The molecule has 0 saturated heterocycles. The molecule has 0 aliphatic heterocycles. The molecule has 1 aromatic carbocycles. The summed E-state index contributed by atoms with van der Waals surface area (Å²) in [6, 6.07) is 13.3. The lowest BCUT2D eigenvalue weighted by atomic mass is 10.1. The molecule has 0 amide bonds. The van der Waals surface area contributed by atoms with Gasteiger partial charge in [-0.25, -0.2) is 4.79 Å². The van der Waals surface area contributed by atoms with E-state index in [1.807, 2.05) is 37.3 Å². The maximum absolute atomic E-state index is 11.7. The Bertz CT molecular complexity index is 730. The highest BCUT2D eigenvalue weighted by Gasteiger charge is 2.13. The van der Waals surface area contributed by atoms with Crippen LogP contribution in [0.15, 0.2) is 46.4 Å². The highest BCUT2D eigenvalue weighted by molar-refractivity contribution is 5.97. The number of hydrogen-bond donors (Lipinski definition) is 0. The molecular formula is C18H17NO3. The maximum atomic E-state index is 11.7. The Hall–Kier alpha value is -2.80. The SMILES string of the molecule is Cc1ccc(-c2ccc(/C=C(/C#N)C(=O)OC(C)C)o2)cc1. The van der Waals surface area contributed by atoms with Crippen molar-refractivity contribution in [1.29, 1.82) is 5.26 Å². The van der Waals surface area contributed by atoms with Crippen molar-refractivity contribution in [3.63, 3.8) is 0 Å². The number of benzene rings is 1. The molecule has 2 aromatic rings. The molecule has 1 aromatic heterocycles. The lowest BCUT2D eigenvalue weighted by Gasteiger charge is -2.05. The lowest BCUT2D eigenvalue weighted by Crippen LogP contribution is -2.12. The van der Waals surface area contributed by atoms with Crippen LogP contribution in [0.5, 0.6) is 0 Å². The summed E-state index contributed by atoms with van der Waals surface area (Å²) in [5.74, 6) is 0.472. The Balaban J connectivity index is 2.23. The molecule has 4 heteroatoms. The van der Waals surface area contributed by atoms with Crippen molar-refractivity contribution in [3.8, 4) is 17.4 Å². The van der Waals surface area contributed by atoms with E-state index in [9.17, 15) is 4.79 Å². The third-order valence-electron chi connectivity index (χ3n) is 2.93. The first kappa shape index (κ1) is 15.6. The second-order valence-electron chi connectivity index (χ2n) is 5.19. The summed E-state index contributed by atoms with van der Waals surface area (Å²) < 4.78 is 10.7. The Kier molecular flexibility index (Phi) is 4.80. The zero-order chi connectivity index (χ0) is 16.1. The smallest absolute Gasteiger partial charge is 0.349 e. The molecule has 0 N–H and O–H groups in total. The van der Waals surface area contributed by atoms with Crippen molar-refractivity contribution in [2.75, 3.05) is 0 Å². The van der Waals surface area contributed by atoms with Crippen molar-refractivity contribution < 1.29 is 13.9 Å². The van der Waals surface area contributed by atoms with Gasteiger partial charge >= 0.3 is 5.97 Å². The normalized spacial score (nSPS) is 11.3. The zero-order valence-corrected chi connectivity index (χ0v) is 12.8. The molecule has 0 aliphatic carbocycles. The summed E-state index contributed by atoms with van der Waals surface area (Å²) in [5.41, 5.74) is 2.02. The molecule has 112 valence electrons. The van der Waals surface area contributed by atoms with Crippen molar-refractivity contribution in [1.82, 2.24) is 0 Å². The van der Waals surface area contributed by atoms with Crippen LogP contribution in [-0.4, -0.2) is 12.1 Å². The minimum absolute atomic E-state index is 0.0847. The summed E-state index contributed by atoms with van der Waals surface area (Å²) in [5, 5.41) is 9.06. The molecule has 4 nitrogen and oxygen atoms in total. The molecule has 0 bridgehead atoms. The number of nitriles is 1. The van der Waals surface area contributed by atoms with E-state index in [0.717, 1.165) is 5.56 Å². The van der Waals surface area contributed by atoms with E-state index < -0.39 is 5.97 Å². The van der Waals surface area contributed by atoms with Gasteiger partial charge in [-0.2, -0.15) is 5.26 Å². The highest BCUT2D eigenvalue weighted by atomic mass is 16.5. The second-order valence-corrected chi connectivity index (χ2v) is 5.19. The standard InChI is InChI=1S/C18H17NO3/c1-12(2)21-18(20)15(11-19)10-16-8-9-17(22-16)14-6-4-13(3)5-7-14/h4-10,12H,1-3H3/b15-10-. The van der Waals surface area contributed by atoms with Gasteiger partial charge in [0.1, 0.15) is 23.2 Å². The summed E-state index contributed by atoms with van der Waals surface area (Å²) >= 11 is 0. The molecule has 0 unspecified atom stereocenters. The van der Waals surface area contributed by atoms with E-state index in [4.69, 9.17) is 14.4 Å². The monoisotopic (exact) mass is 295 g/mol. The zero-order valence-electron chi connectivity index (χ0n) is 12.8. The van der Waals surface area contributed by atoms with Gasteiger partial charge in [0.2, 0.25) is 0 Å². The average molecular weight is 295 g/mol. The van der Waals surface area contributed by atoms with Gasteiger partial charge in [0, 0.05) is 11.6 Å². The van der Waals surface area contributed by atoms with Gasteiger partial charge in [-0.05, 0) is 32.9 Å². The predicted molar refractivity (Wildman–Crippen MR) is 83.7 cm³/mol. The van der Waals surface area contributed by atoms with Crippen LogP contribution >= 0.6 is 0 Å². The number of aryl methyl sites for hydroxylation is 1. The van der Waals surface area contributed by atoms with Crippen molar-refractivity contribution in [3.05, 3.63) is 53.3 Å². The first-order valence-electron chi connectivity index (χ1n) is 6.99. The molecule has 1 heterocycles. The van der Waals surface area contributed by atoms with Crippen LogP contribution in [0.2, 0.25) is 0 Å². The Morgan fingerprint density at radius 3 is 2.50 bits per heavy atom. The average Bonchev–Trinajstić information content (AvgIpc) is 2.93. The number of hydrogen-bond acceptors (Lipinski definition) is 4. The minimum atomic E-state index is -0.647. The number of rotatable bonds is 4. The number of carbonyl (C=O) groups excluding carboxylic acids is 1. The maximum Gasteiger partial charge on any atom is 0.349 e. The van der Waals surface area contributed by atoms with Gasteiger partial charge in [-0.3, -0.25) is 0 Å². The van der Waals surface area contributed by atoms with Crippen LogP contribution in [-0.2, 0) is 9.53 Å². The summed E-state index contributed by atoms with van der Waals surface area (Å²) in [4.78, 5) is 11.7. The lowest BCUT2D eigenvalue weighted by molar-refractivity contribution is -0.142. The second kappa shape index (κ2) is 6.77. The van der Waals surface area contributed by atoms with Crippen LogP contribution in [0, 0.1) is 18.3 Å². The molecule has 0 atom stereocenters. The fraction of sp³-hybridized carbons (Fsp3) is 0.222. The molecular weight excluding hydrogens is 278 g/mol. The van der Waals surface area contributed by atoms with Crippen LogP contribution in [0.3, 0.4) is 0 Å². The van der Waals surface area contributed by atoms with Gasteiger partial charge in [0.25, 0.3) is 0 Å². The minimum Gasteiger partial charge on any atom is -0.459 e. The Morgan fingerprint density at radius 2 is 1.91 bits per heavy atom. The van der Waals surface area contributed by atoms with E-state index in [1.165, 1.54) is 11.6 Å². The van der Waals surface area contributed by atoms with Crippen molar-refractivity contribution in [2.24, 2.45) is 0 Å². The largest absolute Gasteiger partial charge is 0.459 e. The van der Waals surface area contributed by atoms with E-state index >= 15 is 0 Å². The summed E-state index contributed by atoms with van der Waals surface area (Å²) in [7, 11) is 0. The number of carbonyl (C=O) groups is 1. The van der Waals surface area contributed by atoms with E-state index in [1.54, 1.807) is 26.0 Å². The number of nitrogens with zero attached hydrogens (tertiary/aromatic N) is 1. The topological polar surface area (TPSA) is 63.2 Å². The first-order chi connectivity index (χ1) is 10.5. The third-order valence-corrected chi connectivity index (χ3v) is 2.93. The molecule has 22 heavy (non-hydrogen) atoms. The molecule has 0 radical (unpaired) electrons. The fourth-order valence-electron chi connectivity index (χ4n) is 1.86. The molecule has 0 fully saturated rings. The van der Waals surface area contributed by atoms with E-state index in [2.05, 4.69) is 0 Å². The third kappa shape index (κ3) is 3.86. The predicted octanol–water partition coefficient (Wildman–Crippen LogP) is 4.11. The van der Waals surface area contributed by atoms with Crippen molar-refractivity contribution in [2.45, 2.75) is 26.9 Å². The Morgan fingerprint density at radius 1 is 1.23 bits per heavy atom. The number of furan rings is 1. The van der Waals surface area contributed by atoms with Crippen LogP contribution < -0.4 is 0 Å². The fourth-order valence-corrected chi connectivity index (χ4v) is 1.86. The quantitative estimate of drug-likeness (QED) is 0.483. The molecule has 0 saturated carbocycles. The van der Waals surface area contributed by atoms with Crippen LogP contribution in [0.1, 0.15) is 25.2 Å². The molecule has 2 rings (SSSR count). The van der Waals surface area contributed by atoms with Gasteiger partial charge in [0.15, 0.2) is 0 Å². The summed E-state index contributed by atoms with van der Waals surface area (Å²) in [6.45, 7) is 5.48. The van der Waals surface area contributed by atoms with Crippen LogP contribution in [0.25, 0.3) is 17.4 Å².